The van der Waals surface area contributed by atoms with E-state index in [9.17, 15) is 18.1 Å². The molecular weight excluding hydrogens is 294 g/mol. The Bertz CT molecular complexity index is 659. The standard InChI is InChI=1S/C13H17N3O4S/c1-10-9-15(11(2)17)7-8-16(10)21(19,20)13-6-4-3-5-12(13)14-18/h3-6,10H,7-9H2,1-2H3. The van der Waals surface area contributed by atoms with E-state index in [1.54, 1.807) is 24.0 Å². The van der Waals surface area contributed by atoms with E-state index in [1.165, 1.54) is 23.4 Å². The molecule has 1 heterocycles. The minimum Gasteiger partial charge on any atom is -0.340 e. The molecule has 1 atom stereocenters. The molecule has 1 aliphatic rings. The summed E-state index contributed by atoms with van der Waals surface area (Å²) in [6.07, 6.45) is 0. The number of piperazine rings is 1. The van der Waals surface area contributed by atoms with Crippen molar-refractivity contribution in [2.45, 2.75) is 24.8 Å². The van der Waals surface area contributed by atoms with Gasteiger partial charge in [0.2, 0.25) is 15.9 Å². The molecule has 1 aromatic rings. The molecule has 7 nitrogen and oxygen atoms in total. The third-order valence-corrected chi connectivity index (χ3v) is 5.62. The van der Waals surface area contributed by atoms with E-state index >= 15 is 0 Å². The van der Waals surface area contributed by atoms with Gasteiger partial charge in [0.1, 0.15) is 10.6 Å². The Morgan fingerprint density at radius 3 is 2.52 bits per heavy atom. The topological polar surface area (TPSA) is 87.1 Å². The second kappa shape index (κ2) is 5.90. The van der Waals surface area contributed by atoms with Gasteiger partial charge in [0, 0.05) is 32.6 Å². The van der Waals surface area contributed by atoms with Crippen LogP contribution in [0.4, 0.5) is 5.69 Å². The van der Waals surface area contributed by atoms with Crippen LogP contribution in [0.3, 0.4) is 0 Å². The van der Waals surface area contributed by atoms with Gasteiger partial charge in [0.25, 0.3) is 0 Å². The number of carbonyl (C=O) groups excluding carboxylic acids is 1. The zero-order valence-electron chi connectivity index (χ0n) is 11.9. The van der Waals surface area contributed by atoms with E-state index in [-0.39, 0.29) is 29.1 Å². The van der Waals surface area contributed by atoms with E-state index in [0.29, 0.717) is 13.1 Å². The number of amides is 1. The Kier molecular flexibility index (Phi) is 4.38. The zero-order valence-corrected chi connectivity index (χ0v) is 12.7. The first-order valence-corrected chi connectivity index (χ1v) is 8.01. The molecule has 2 rings (SSSR count). The monoisotopic (exact) mass is 311 g/mol. The van der Waals surface area contributed by atoms with Crippen molar-refractivity contribution in [3.8, 4) is 0 Å². The second-order valence-corrected chi connectivity index (χ2v) is 6.85. The summed E-state index contributed by atoms with van der Waals surface area (Å²) in [4.78, 5) is 23.7. The quantitative estimate of drug-likeness (QED) is 0.788. The van der Waals surface area contributed by atoms with Gasteiger partial charge in [-0.25, -0.2) is 8.42 Å². The van der Waals surface area contributed by atoms with Crippen LogP contribution in [-0.4, -0.2) is 49.2 Å². The van der Waals surface area contributed by atoms with Crippen LogP contribution in [0.1, 0.15) is 13.8 Å². The highest BCUT2D eigenvalue weighted by Gasteiger charge is 2.35. The third kappa shape index (κ3) is 2.96. The molecule has 0 N–H and O–H groups in total. The van der Waals surface area contributed by atoms with Gasteiger partial charge in [0.05, 0.1) is 0 Å². The van der Waals surface area contributed by atoms with Crippen molar-refractivity contribution in [1.82, 2.24) is 9.21 Å². The van der Waals surface area contributed by atoms with E-state index in [4.69, 9.17) is 0 Å². The van der Waals surface area contributed by atoms with Gasteiger partial charge in [0.15, 0.2) is 0 Å². The van der Waals surface area contributed by atoms with Gasteiger partial charge < -0.3 is 4.90 Å². The largest absolute Gasteiger partial charge is 0.340 e. The Morgan fingerprint density at radius 1 is 1.29 bits per heavy atom. The maximum Gasteiger partial charge on any atom is 0.245 e. The summed E-state index contributed by atoms with van der Waals surface area (Å²) in [6.45, 7) is 4.09. The molecular formula is C13H17N3O4S. The van der Waals surface area contributed by atoms with E-state index in [1.807, 2.05) is 0 Å². The molecule has 0 aromatic heterocycles. The Labute approximate surface area is 123 Å². The summed E-state index contributed by atoms with van der Waals surface area (Å²) in [5.74, 6) is -0.0751. The maximum absolute atomic E-state index is 12.7. The first kappa shape index (κ1) is 15.6. The lowest BCUT2D eigenvalue weighted by Crippen LogP contribution is -2.54. The maximum atomic E-state index is 12.7. The van der Waals surface area contributed by atoms with Crippen molar-refractivity contribution in [2.75, 3.05) is 19.6 Å². The number of benzene rings is 1. The van der Waals surface area contributed by atoms with Crippen LogP contribution in [0.5, 0.6) is 0 Å². The van der Waals surface area contributed by atoms with Crippen LogP contribution in [0.2, 0.25) is 0 Å². The lowest BCUT2D eigenvalue weighted by molar-refractivity contribution is -0.130. The second-order valence-electron chi connectivity index (χ2n) is 4.99. The molecule has 114 valence electrons. The Hall–Kier alpha value is -1.80. The average Bonchev–Trinajstić information content (AvgIpc) is 2.46. The van der Waals surface area contributed by atoms with Crippen LogP contribution in [-0.2, 0) is 14.8 Å². The summed E-state index contributed by atoms with van der Waals surface area (Å²) in [7, 11) is -3.80. The number of sulfonamides is 1. The fraction of sp³-hybridized carbons (Fsp3) is 0.462. The first-order valence-electron chi connectivity index (χ1n) is 6.57. The van der Waals surface area contributed by atoms with E-state index < -0.39 is 10.0 Å². The van der Waals surface area contributed by atoms with Crippen molar-refractivity contribution >= 4 is 21.6 Å². The highest BCUT2D eigenvalue weighted by molar-refractivity contribution is 7.89. The SMILES string of the molecule is CC(=O)N1CCN(S(=O)(=O)c2ccccc2N=O)C(C)C1. The van der Waals surface area contributed by atoms with Crippen LogP contribution in [0.15, 0.2) is 34.3 Å². The van der Waals surface area contributed by atoms with E-state index in [0.717, 1.165) is 0 Å². The Morgan fingerprint density at radius 2 is 1.95 bits per heavy atom. The van der Waals surface area contributed by atoms with Crippen molar-refractivity contribution < 1.29 is 13.2 Å². The van der Waals surface area contributed by atoms with Crippen molar-refractivity contribution in [3.05, 3.63) is 29.2 Å². The van der Waals surface area contributed by atoms with E-state index in [2.05, 4.69) is 5.18 Å². The summed E-state index contributed by atoms with van der Waals surface area (Å²) >= 11 is 0. The van der Waals surface area contributed by atoms with Crippen LogP contribution in [0, 0.1) is 4.91 Å². The first-order chi connectivity index (χ1) is 9.87. The number of rotatable bonds is 3. The lowest BCUT2D eigenvalue weighted by Gasteiger charge is -2.38. The number of hydrogen-bond donors (Lipinski definition) is 0. The number of nitroso groups, excluding NO2 is 1. The summed E-state index contributed by atoms with van der Waals surface area (Å²) in [5, 5.41) is 2.78. The molecule has 21 heavy (non-hydrogen) atoms. The molecule has 0 saturated carbocycles. The fourth-order valence-electron chi connectivity index (χ4n) is 2.46. The van der Waals surface area contributed by atoms with Crippen molar-refractivity contribution in [3.63, 3.8) is 0 Å². The number of carbonyl (C=O) groups is 1. The smallest absolute Gasteiger partial charge is 0.245 e. The Balaban J connectivity index is 2.33. The molecule has 1 saturated heterocycles. The normalized spacial score (nSPS) is 20.3. The van der Waals surface area contributed by atoms with Gasteiger partial charge in [-0.2, -0.15) is 4.31 Å². The molecule has 0 spiro atoms. The highest BCUT2D eigenvalue weighted by Crippen LogP contribution is 2.28. The minimum absolute atomic E-state index is 0.0751. The predicted molar refractivity (Wildman–Crippen MR) is 77.5 cm³/mol. The van der Waals surface area contributed by atoms with Crippen LogP contribution < -0.4 is 0 Å². The van der Waals surface area contributed by atoms with Crippen LogP contribution in [0.25, 0.3) is 0 Å². The van der Waals surface area contributed by atoms with Crippen LogP contribution >= 0.6 is 0 Å². The fourth-order valence-corrected chi connectivity index (χ4v) is 4.20. The molecule has 8 heteroatoms. The van der Waals surface area contributed by atoms with Gasteiger partial charge in [-0.1, -0.05) is 12.1 Å². The summed E-state index contributed by atoms with van der Waals surface area (Å²) < 4.78 is 26.7. The third-order valence-electron chi connectivity index (χ3n) is 3.56. The summed E-state index contributed by atoms with van der Waals surface area (Å²) in [5.41, 5.74) is -0.0984. The molecule has 1 unspecified atom stereocenters. The number of nitrogens with zero attached hydrogens (tertiary/aromatic N) is 3. The average molecular weight is 311 g/mol. The van der Waals surface area contributed by atoms with Gasteiger partial charge in [-0.05, 0) is 24.2 Å². The minimum atomic E-state index is -3.80. The summed E-state index contributed by atoms with van der Waals surface area (Å²) in [6, 6.07) is 5.50. The lowest BCUT2D eigenvalue weighted by atomic mass is 10.2. The highest BCUT2D eigenvalue weighted by atomic mass is 32.2. The van der Waals surface area contributed by atoms with Crippen molar-refractivity contribution in [2.24, 2.45) is 5.18 Å². The zero-order chi connectivity index (χ0) is 15.6. The van der Waals surface area contributed by atoms with Crippen molar-refractivity contribution in [1.29, 1.82) is 0 Å². The molecule has 0 radical (unpaired) electrons. The van der Waals surface area contributed by atoms with Gasteiger partial charge in [-0.3, -0.25) is 4.79 Å². The molecule has 1 aliphatic heterocycles. The molecule has 1 amide bonds. The number of hydrogen-bond acceptors (Lipinski definition) is 5. The van der Waals surface area contributed by atoms with Gasteiger partial charge >= 0.3 is 0 Å². The predicted octanol–water partition coefficient (Wildman–Crippen LogP) is 1.33. The van der Waals surface area contributed by atoms with Gasteiger partial charge in [-0.15, -0.1) is 4.91 Å². The molecule has 0 aliphatic carbocycles. The molecule has 1 aromatic carbocycles. The molecule has 0 bridgehead atoms. The molecule has 1 fully saturated rings.